The maximum absolute atomic E-state index is 2.58. The van der Waals surface area contributed by atoms with Crippen LogP contribution < -0.4 is 0 Å². The third-order valence-corrected chi connectivity index (χ3v) is 11.6. The Labute approximate surface area is 293 Å². The number of benzene rings is 10. The summed E-state index contributed by atoms with van der Waals surface area (Å²) in [5.41, 5.74) is 7.60. The minimum absolute atomic E-state index is 1.25. The lowest BCUT2D eigenvalue weighted by Gasteiger charge is -2.24. The van der Waals surface area contributed by atoms with Crippen molar-refractivity contribution in [1.29, 1.82) is 0 Å². The molecular formula is C44H24I2. The Balaban J connectivity index is 1.50. The Morgan fingerprint density at radius 3 is 1.50 bits per heavy atom. The maximum atomic E-state index is 2.58. The molecule has 0 N–H and O–H groups in total. The fraction of sp³-hybridized carbons (Fsp3) is 0. The third-order valence-electron chi connectivity index (χ3n) is 9.88. The van der Waals surface area contributed by atoms with Crippen LogP contribution in [0.2, 0.25) is 0 Å². The summed E-state index contributed by atoms with van der Waals surface area (Å²) >= 11 is 5.14. The third kappa shape index (κ3) is 3.71. The minimum atomic E-state index is 1.25. The normalized spacial score (nSPS) is 12.1. The van der Waals surface area contributed by atoms with E-state index < -0.39 is 0 Å². The summed E-state index contributed by atoms with van der Waals surface area (Å²) in [5.74, 6) is 0. The summed E-state index contributed by atoms with van der Waals surface area (Å²) < 4.78 is 2.57. The molecule has 214 valence electrons. The van der Waals surface area contributed by atoms with Gasteiger partial charge in [0.05, 0.1) is 0 Å². The molecule has 0 radical (unpaired) electrons. The molecule has 10 aromatic carbocycles. The van der Waals surface area contributed by atoms with Crippen LogP contribution in [-0.2, 0) is 0 Å². The smallest absolute Gasteiger partial charge is 0.0221 e. The van der Waals surface area contributed by atoms with E-state index in [2.05, 4.69) is 191 Å². The van der Waals surface area contributed by atoms with Gasteiger partial charge in [0.2, 0.25) is 0 Å². The average molecular weight is 806 g/mol. The highest BCUT2D eigenvalue weighted by atomic mass is 127. The first-order valence-electron chi connectivity index (χ1n) is 15.6. The van der Waals surface area contributed by atoms with E-state index in [1.165, 1.54) is 105 Å². The second-order valence-corrected chi connectivity index (χ2v) is 14.6. The van der Waals surface area contributed by atoms with Crippen LogP contribution in [0.1, 0.15) is 0 Å². The molecule has 0 atom stereocenters. The van der Waals surface area contributed by atoms with E-state index in [-0.39, 0.29) is 0 Å². The summed E-state index contributed by atoms with van der Waals surface area (Å²) in [6.45, 7) is 0. The van der Waals surface area contributed by atoms with E-state index in [1.54, 1.807) is 0 Å². The van der Waals surface area contributed by atoms with Crippen molar-refractivity contribution < 1.29 is 0 Å². The molecule has 46 heavy (non-hydrogen) atoms. The standard InChI is InChI=1S/C44H24I2/c45-37-24-35(27-14-8-3-9-15-27)41-34-20-16-29(26-12-6-2-7-13-26)30-18-21-33-39-36(22-28(23-38(39)46)25-10-4-1-5-11-25)31-17-19-32(37)43(41)42(31)44(33)40(30)34/h1-24H. The molecule has 0 bridgehead atoms. The predicted octanol–water partition coefficient (Wildman–Crippen LogP) is 13.7. The van der Waals surface area contributed by atoms with Gasteiger partial charge in [-0.05, 0) is 156 Å². The fourth-order valence-electron chi connectivity index (χ4n) is 7.96. The molecule has 0 aliphatic carbocycles. The molecule has 0 aliphatic rings. The highest BCUT2D eigenvalue weighted by Crippen LogP contribution is 2.53. The molecule has 0 heterocycles. The van der Waals surface area contributed by atoms with Crippen molar-refractivity contribution in [3.05, 3.63) is 153 Å². The Kier molecular flexibility index (Phi) is 5.92. The van der Waals surface area contributed by atoms with Crippen molar-refractivity contribution in [1.82, 2.24) is 0 Å². The quantitative estimate of drug-likeness (QED) is 0.0948. The van der Waals surface area contributed by atoms with Gasteiger partial charge in [-0.15, -0.1) is 0 Å². The lowest BCUT2D eigenvalue weighted by Crippen LogP contribution is -1.97. The topological polar surface area (TPSA) is 0 Å². The number of hydrogen-bond donors (Lipinski definition) is 0. The van der Waals surface area contributed by atoms with Crippen LogP contribution in [0.3, 0.4) is 0 Å². The fourth-order valence-corrected chi connectivity index (χ4v) is 9.64. The summed E-state index contributed by atoms with van der Waals surface area (Å²) in [5, 5.41) is 16.2. The summed E-state index contributed by atoms with van der Waals surface area (Å²) in [6.07, 6.45) is 0. The second kappa shape index (κ2) is 10.1. The van der Waals surface area contributed by atoms with Crippen molar-refractivity contribution in [3.63, 3.8) is 0 Å². The van der Waals surface area contributed by atoms with E-state index in [0.29, 0.717) is 0 Å². The zero-order chi connectivity index (χ0) is 30.5. The molecule has 10 aromatic rings. The van der Waals surface area contributed by atoms with Crippen LogP contribution >= 0.6 is 45.2 Å². The lowest BCUT2D eigenvalue weighted by molar-refractivity contribution is 1.64. The van der Waals surface area contributed by atoms with Crippen LogP contribution in [0.25, 0.3) is 98.0 Å². The molecule has 0 spiro atoms. The van der Waals surface area contributed by atoms with E-state index in [9.17, 15) is 0 Å². The van der Waals surface area contributed by atoms with Crippen molar-refractivity contribution >= 4 is 110 Å². The zero-order valence-electron chi connectivity index (χ0n) is 24.6. The first kappa shape index (κ1) is 26.9. The SMILES string of the molecule is Ic1cc(-c2ccccc2)c2c3ccc(-c4ccccc4)c4ccc5c6c(I)cc(-c7ccccc7)cc6c6ccc1c2c6c5c43. The second-order valence-electron chi connectivity index (χ2n) is 12.2. The number of halogens is 2. The zero-order valence-corrected chi connectivity index (χ0v) is 28.9. The Morgan fingerprint density at radius 2 is 0.783 bits per heavy atom. The van der Waals surface area contributed by atoms with Crippen molar-refractivity contribution in [3.8, 4) is 33.4 Å². The van der Waals surface area contributed by atoms with E-state index in [1.807, 2.05) is 0 Å². The van der Waals surface area contributed by atoms with Crippen LogP contribution in [-0.4, -0.2) is 0 Å². The van der Waals surface area contributed by atoms with Crippen LogP contribution in [0, 0.1) is 7.14 Å². The van der Waals surface area contributed by atoms with Gasteiger partial charge in [0.15, 0.2) is 0 Å². The van der Waals surface area contributed by atoms with Gasteiger partial charge in [0.25, 0.3) is 0 Å². The van der Waals surface area contributed by atoms with Gasteiger partial charge in [-0.1, -0.05) is 127 Å². The molecule has 0 amide bonds. The minimum Gasteiger partial charge on any atom is -0.0622 e. The summed E-state index contributed by atoms with van der Waals surface area (Å²) in [7, 11) is 0. The molecule has 0 nitrogen and oxygen atoms in total. The molecule has 0 saturated heterocycles. The predicted molar refractivity (Wildman–Crippen MR) is 216 cm³/mol. The van der Waals surface area contributed by atoms with Gasteiger partial charge in [-0.25, -0.2) is 0 Å². The molecular weight excluding hydrogens is 782 g/mol. The van der Waals surface area contributed by atoms with Crippen LogP contribution in [0.4, 0.5) is 0 Å². The van der Waals surface area contributed by atoms with Gasteiger partial charge < -0.3 is 0 Å². The van der Waals surface area contributed by atoms with Crippen molar-refractivity contribution in [2.24, 2.45) is 0 Å². The Bertz CT molecular complexity index is 2780. The first-order chi connectivity index (χ1) is 22.7. The largest absolute Gasteiger partial charge is 0.0622 e. The van der Waals surface area contributed by atoms with Crippen LogP contribution in [0.15, 0.2) is 146 Å². The maximum Gasteiger partial charge on any atom is 0.0221 e. The highest BCUT2D eigenvalue weighted by molar-refractivity contribution is 14.1. The van der Waals surface area contributed by atoms with Gasteiger partial charge >= 0.3 is 0 Å². The average Bonchev–Trinajstić information content (AvgIpc) is 3.11. The van der Waals surface area contributed by atoms with Crippen molar-refractivity contribution in [2.45, 2.75) is 0 Å². The number of fused-ring (bicyclic) bond motifs is 4. The van der Waals surface area contributed by atoms with Crippen molar-refractivity contribution in [2.75, 3.05) is 0 Å². The van der Waals surface area contributed by atoms with E-state index in [4.69, 9.17) is 0 Å². The van der Waals surface area contributed by atoms with Gasteiger partial charge in [0, 0.05) is 12.5 Å². The monoisotopic (exact) mass is 806 g/mol. The van der Waals surface area contributed by atoms with Gasteiger partial charge in [0.1, 0.15) is 0 Å². The summed E-state index contributed by atoms with van der Waals surface area (Å²) in [6, 6.07) is 54.1. The molecule has 0 aromatic heterocycles. The Hall–Kier alpha value is -4.26. The van der Waals surface area contributed by atoms with Gasteiger partial charge in [-0.3, -0.25) is 0 Å². The molecule has 0 fully saturated rings. The highest BCUT2D eigenvalue weighted by Gasteiger charge is 2.25. The molecule has 2 heteroatoms. The summed E-state index contributed by atoms with van der Waals surface area (Å²) in [4.78, 5) is 0. The molecule has 0 unspecified atom stereocenters. The van der Waals surface area contributed by atoms with Crippen LogP contribution in [0.5, 0.6) is 0 Å². The molecule has 0 aliphatic heterocycles. The Morgan fingerprint density at radius 1 is 0.261 bits per heavy atom. The molecule has 0 saturated carbocycles. The first-order valence-corrected chi connectivity index (χ1v) is 17.7. The number of hydrogen-bond acceptors (Lipinski definition) is 0. The lowest BCUT2D eigenvalue weighted by atomic mass is 9.80. The van der Waals surface area contributed by atoms with Gasteiger partial charge in [-0.2, -0.15) is 0 Å². The molecule has 10 rings (SSSR count). The van der Waals surface area contributed by atoms with E-state index in [0.717, 1.165) is 0 Å². The number of rotatable bonds is 3. The van der Waals surface area contributed by atoms with E-state index >= 15 is 0 Å².